The average Bonchev–Trinajstić information content (AvgIpc) is 3.10. The van der Waals surface area contributed by atoms with E-state index in [4.69, 9.17) is 0 Å². The SMILES string of the molecule is Cc1ccc2nsnc2c1NC(=O)Cn1c([N+](=O)[O-])cnc1C. The molecule has 0 aliphatic rings. The Balaban J connectivity index is 1.88. The molecular formula is C13H12N6O3S. The number of rotatable bonds is 4. The van der Waals surface area contributed by atoms with E-state index in [1.807, 2.05) is 19.1 Å². The first-order valence-electron chi connectivity index (χ1n) is 6.65. The monoisotopic (exact) mass is 332 g/mol. The number of aryl methyl sites for hydroxylation is 2. The molecule has 1 aromatic carbocycles. The molecule has 0 fully saturated rings. The molecule has 0 aliphatic carbocycles. The summed E-state index contributed by atoms with van der Waals surface area (Å²) in [7, 11) is 0. The summed E-state index contributed by atoms with van der Waals surface area (Å²) >= 11 is 1.06. The summed E-state index contributed by atoms with van der Waals surface area (Å²) < 4.78 is 9.57. The largest absolute Gasteiger partial charge is 0.358 e. The topological polar surface area (TPSA) is 116 Å². The minimum Gasteiger partial charge on any atom is -0.358 e. The normalized spacial score (nSPS) is 10.9. The van der Waals surface area contributed by atoms with E-state index in [9.17, 15) is 14.9 Å². The first kappa shape index (κ1) is 15.0. The van der Waals surface area contributed by atoms with Gasteiger partial charge in [0.05, 0.1) is 17.4 Å². The van der Waals surface area contributed by atoms with Crippen LogP contribution in [0.4, 0.5) is 11.5 Å². The number of hydrogen-bond acceptors (Lipinski definition) is 7. The highest BCUT2D eigenvalue weighted by Gasteiger charge is 2.21. The van der Waals surface area contributed by atoms with Gasteiger partial charge in [0.15, 0.2) is 12.4 Å². The van der Waals surface area contributed by atoms with Crippen LogP contribution in [0.3, 0.4) is 0 Å². The molecule has 2 aromatic heterocycles. The second-order valence-corrected chi connectivity index (χ2v) is 5.47. The Kier molecular flexibility index (Phi) is 3.74. The molecular weight excluding hydrogens is 320 g/mol. The van der Waals surface area contributed by atoms with Gasteiger partial charge in [0.1, 0.15) is 17.2 Å². The summed E-state index contributed by atoms with van der Waals surface area (Å²) in [5, 5.41) is 13.7. The Morgan fingerprint density at radius 2 is 2.17 bits per heavy atom. The molecule has 23 heavy (non-hydrogen) atoms. The summed E-state index contributed by atoms with van der Waals surface area (Å²) in [5.74, 6) is -0.210. The van der Waals surface area contributed by atoms with Crippen molar-refractivity contribution < 1.29 is 9.72 Å². The molecule has 0 saturated carbocycles. The molecule has 0 unspecified atom stereocenters. The first-order chi connectivity index (χ1) is 11.0. The van der Waals surface area contributed by atoms with Gasteiger partial charge in [-0.1, -0.05) is 6.07 Å². The highest BCUT2D eigenvalue weighted by atomic mass is 32.1. The second kappa shape index (κ2) is 5.72. The molecule has 10 heteroatoms. The molecule has 0 saturated heterocycles. The van der Waals surface area contributed by atoms with Gasteiger partial charge < -0.3 is 15.4 Å². The van der Waals surface area contributed by atoms with E-state index in [1.165, 1.54) is 4.57 Å². The summed E-state index contributed by atoms with van der Waals surface area (Å²) in [6.45, 7) is 3.26. The highest BCUT2D eigenvalue weighted by Crippen LogP contribution is 2.25. The number of fused-ring (bicyclic) bond motifs is 1. The van der Waals surface area contributed by atoms with Crippen LogP contribution in [-0.2, 0) is 11.3 Å². The van der Waals surface area contributed by atoms with E-state index in [0.29, 0.717) is 22.5 Å². The summed E-state index contributed by atoms with van der Waals surface area (Å²) in [6.07, 6.45) is 1.14. The molecule has 1 N–H and O–H groups in total. The van der Waals surface area contributed by atoms with Crippen molar-refractivity contribution >= 4 is 40.2 Å². The predicted molar refractivity (Wildman–Crippen MR) is 84.4 cm³/mol. The maximum atomic E-state index is 12.3. The third-order valence-electron chi connectivity index (χ3n) is 3.42. The Morgan fingerprint density at radius 3 is 2.91 bits per heavy atom. The Hall–Kier alpha value is -2.88. The number of nitrogens with one attached hydrogen (secondary N) is 1. The highest BCUT2D eigenvalue weighted by molar-refractivity contribution is 7.00. The van der Waals surface area contributed by atoms with Crippen LogP contribution in [0.25, 0.3) is 11.0 Å². The fourth-order valence-electron chi connectivity index (χ4n) is 2.23. The van der Waals surface area contributed by atoms with Crippen molar-refractivity contribution in [3.05, 3.63) is 39.8 Å². The van der Waals surface area contributed by atoms with E-state index in [2.05, 4.69) is 19.0 Å². The van der Waals surface area contributed by atoms with Gasteiger partial charge in [0.2, 0.25) is 0 Å². The molecule has 0 aliphatic heterocycles. The van der Waals surface area contributed by atoms with Gasteiger partial charge in [-0.15, -0.1) is 0 Å². The van der Waals surface area contributed by atoms with Gasteiger partial charge in [0, 0.05) is 6.92 Å². The van der Waals surface area contributed by atoms with Gasteiger partial charge >= 0.3 is 5.82 Å². The Labute approximate surface area is 134 Å². The molecule has 3 aromatic rings. The van der Waals surface area contributed by atoms with Crippen molar-refractivity contribution in [2.45, 2.75) is 20.4 Å². The zero-order valence-corrected chi connectivity index (χ0v) is 13.1. The van der Waals surface area contributed by atoms with E-state index < -0.39 is 10.8 Å². The van der Waals surface area contributed by atoms with Crippen LogP contribution in [-0.4, -0.2) is 29.1 Å². The summed E-state index contributed by atoms with van der Waals surface area (Å²) in [6, 6.07) is 3.67. The number of aromatic nitrogens is 4. The fourth-order valence-corrected chi connectivity index (χ4v) is 2.77. The van der Waals surface area contributed by atoms with Crippen molar-refractivity contribution in [2.75, 3.05) is 5.32 Å². The Morgan fingerprint density at radius 1 is 1.39 bits per heavy atom. The number of anilines is 1. The van der Waals surface area contributed by atoms with Crippen LogP contribution in [0.15, 0.2) is 18.3 Å². The molecule has 0 bridgehead atoms. The lowest BCUT2D eigenvalue weighted by atomic mass is 10.1. The number of carbonyl (C=O) groups is 1. The molecule has 0 radical (unpaired) electrons. The number of benzene rings is 1. The van der Waals surface area contributed by atoms with Crippen LogP contribution in [0, 0.1) is 24.0 Å². The van der Waals surface area contributed by atoms with Crippen molar-refractivity contribution in [1.29, 1.82) is 0 Å². The molecule has 3 rings (SSSR count). The van der Waals surface area contributed by atoms with Crippen LogP contribution in [0.5, 0.6) is 0 Å². The summed E-state index contributed by atoms with van der Waals surface area (Å²) in [5.41, 5.74) is 2.72. The van der Waals surface area contributed by atoms with Gasteiger partial charge in [-0.05, 0) is 23.5 Å². The number of hydrogen-bond donors (Lipinski definition) is 1. The maximum absolute atomic E-state index is 12.3. The summed E-state index contributed by atoms with van der Waals surface area (Å²) in [4.78, 5) is 26.6. The molecule has 1 amide bonds. The molecule has 9 nitrogen and oxygen atoms in total. The number of nitro groups is 1. The van der Waals surface area contributed by atoms with Gasteiger partial charge in [-0.25, -0.2) is 9.55 Å². The molecule has 2 heterocycles. The zero-order chi connectivity index (χ0) is 16.6. The van der Waals surface area contributed by atoms with Crippen LogP contribution < -0.4 is 5.32 Å². The van der Waals surface area contributed by atoms with Gasteiger partial charge in [-0.3, -0.25) is 4.79 Å². The van der Waals surface area contributed by atoms with E-state index in [0.717, 1.165) is 23.5 Å². The average molecular weight is 332 g/mol. The van der Waals surface area contributed by atoms with Gasteiger partial charge in [-0.2, -0.15) is 8.75 Å². The van der Waals surface area contributed by atoms with Crippen LogP contribution >= 0.6 is 11.7 Å². The second-order valence-electron chi connectivity index (χ2n) is 4.94. The van der Waals surface area contributed by atoms with Gasteiger partial charge in [0.25, 0.3) is 5.91 Å². The minimum absolute atomic E-state index is 0.199. The lowest BCUT2D eigenvalue weighted by molar-refractivity contribution is -0.392. The fraction of sp³-hybridized carbons (Fsp3) is 0.231. The number of amides is 1. The predicted octanol–water partition coefficient (Wildman–Crippen LogP) is 2.05. The maximum Gasteiger partial charge on any atom is 0.343 e. The van der Waals surface area contributed by atoms with E-state index >= 15 is 0 Å². The molecule has 118 valence electrons. The van der Waals surface area contributed by atoms with Crippen molar-refractivity contribution in [3.63, 3.8) is 0 Å². The van der Waals surface area contributed by atoms with E-state index in [1.54, 1.807) is 6.92 Å². The Bertz CT molecular complexity index is 916. The quantitative estimate of drug-likeness (QED) is 0.577. The lowest BCUT2D eigenvalue weighted by Crippen LogP contribution is -2.21. The van der Waals surface area contributed by atoms with Crippen molar-refractivity contribution in [3.8, 4) is 0 Å². The van der Waals surface area contributed by atoms with Crippen molar-refractivity contribution in [1.82, 2.24) is 18.3 Å². The standard InChI is InChI=1S/C13H12N6O3S/c1-7-3-4-9-13(17-23-16-9)12(7)15-10(20)6-18-8(2)14-5-11(18)19(21)22/h3-5H,6H2,1-2H3,(H,15,20). The van der Waals surface area contributed by atoms with Crippen molar-refractivity contribution in [2.24, 2.45) is 0 Å². The number of imidazole rings is 1. The molecule has 0 spiro atoms. The third-order valence-corrected chi connectivity index (χ3v) is 3.97. The zero-order valence-electron chi connectivity index (χ0n) is 12.3. The lowest BCUT2D eigenvalue weighted by Gasteiger charge is -2.08. The minimum atomic E-state index is -0.566. The van der Waals surface area contributed by atoms with E-state index in [-0.39, 0.29) is 12.4 Å². The smallest absolute Gasteiger partial charge is 0.343 e. The number of nitrogens with zero attached hydrogens (tertiary/aromatic N) is 5. The number of carbonyl (C=O) groups excluding carboxylic acids is 1. The first-order valence-corrected chi connectivity index (χ1v) is 7.38. The van der Waals surface area contributed by atoms with Crippen LogP contribution in [0.1, 0.15) is 11.4 Å². The van der Waals surface area contributed by atoms with Crippen LogP contribution in [0.2, 0.25) is 0 Å². The third kappa shape index (κ3) is 2.75. The molecule has 0 atom stereocenters.